The van der Waals surface area contributed by atoms with E-state index < -0.39 is 24.1 Å². The molecule has 1 aliphatic heterocycles. The lowest BCUT2D eigenvalue weighted by Crippen LogP contribution is -2.46. The van der Waals surface area contributed by atoms with Gasteiger partial charge in [0.15, 0.2) is 0 Å². The normalized spacial score (nSPS) is 13.6. The zero-order valence-corrected chi connectivity index (χ0v) is 20.2. The average Bonchev–Trinajstić information content (AvgIpc) is 3.13. The summed E-state index contributed by atoms with van der Waals surface area (Å²) in [6.07, 6.45) is -2.80. The number of amides is 1. The van der Waals surface area contributed by atoms with Crippen molar-refractivity contribution in [3.05, 3.63) is 33.9 Å². The first-order valence-corrected chi connectivity index (χ1v) is 11.0. The minimum absolute atomic E-state index is 0.0582. The molecule has 0 aromatic heterocycles. The molecule has 1 heterocycles. The summed E-state index contributed by atoms with van der Waals surface area (Å²) in [4.78, 5) is 37.3. The number of fused-ring (bicyclic) bond motifs is 1. The second-order valence-corrected chi connectivity index (χ2v) is 8.24. The Morgan fingerprint density at radius 2 is 1.88 bits per heavy atom. The van der Waals surface area contributed by atoms with E-state index in [1.807, 2.05) is 0 Å². The molecule has 0 atom stereocenters. The molecular weight excluding hydrogens is 455 g/mol. The van der Waals surface area contributed by atoms with Gasteiger partial charge in [0, 0.05) is 23.6 Å². The second kappa shape index (κ2) is 10.9. The first kappa shape index (κ1) is 27.2. The molecule has 34 heavy (non-hydrogen) atoms. The summed E-state index contributed by atoms with van der Waals surface area (Å²) in [7, 11) is 1.38. The molecule has 1 amide bonds. The zero-order valence-electron chi connectivity index (χ0n) is 20.2. The standard InChI is InChI=1S/C24H30F3NO6/c1-7-33-18(29)11-9-14(4)8-10-16-20(28(13(2)3)23(31)24(25,26)27)19-17(12-34-22(19)30)15(5)21(16)32-6/h8,13H,7,9-12H2,1-6H3/b14-8+. The highest BCUT2D eigenvalue weighted by Crippen LogP contribution is 2.44. The molecule has 1 aromatic carbocycles. The van der Waals surface area contributed by atoms with Crippen LogP contribution in [-0.2, 0) is 32.1 Å². The molecule has 0 bridgehead atoms. The number of esters is 2. The molecule has 7 nitrogen and oxygen atoms in total. The maximum Gasteiger partial charge on any atom is 0.471 e. The summed E-state index contributed by atoms with van der Waals surface area (Å²) < 4.78 is 56.2. The van der Waals surface area contributed by atoms with Gasteiger partial charge < -0.3 is 19.1 Å². The number of carbonyl (C=O) groups excluding carboxylic acids is 3. The minimum atomic E-state index is -5.15. The van der Waals surface area contributed by atoms with Crippen LogP contribution in [0.1, 0.15) is 67.6 Å². The lowest BCUT2D eigenvalue weighted by molar-refractivity contribution is -0.170. The summed E-state index contributed by atoms with van der Waals surface area (Å²) in [6, 6.07) is -0.910. The fourth-order valence-corrected chi connectivity index (χ4v) is 3.94. The van der Waals surface area contributed by atoms with Crippen LogP contribution in [0.4, 0.5) is 18.9 Å². The van der Waals surface area contributed by atoms with E-state index in [0.29, 0.717) is 22.4 Å². The maximum absolute atomic E-state index is 13.5. The van der Waals surface area contributed by atoms with E-state index in [2.05, 4.69) is 0 Å². The number of cyclic esters (lactones) is 1. The predicted molar refractivity (Wildman–Crippen MR) is 119 cm³/mol. The Balaban J connectivity index is 2.67. The summed E-state index contributed by atoms with van der Waals surface area (Å²) in [5.74, 6) is -2.95. The second-order valence-electron chi connectivity index (χ2n) is 8.24. The highest BCUT2D eigenvalue weighted by Gasteiger charge is 2.47. The third-order valence-corrected chi connectivity index (χ3v) is 5.55. The lowest BCUT2D eigenvalue weighted by Gasteiger charge is -2.32. The molecule has 0 saturated heterocycles. The molecule has 1 aromatic rings. The number of halogens is 3. The topological polar surface area (TPSA) is 82.1 Å². The molecule has 1 aliphatic rings. The van der Waals surface area contributed by atoms with Gasteiger partial charge in [-0.15, -0.1) is 0 Å². The van der Waals surface area contributed by atoms with Crippen molar-refractivity contribution >= 4 is 23.5 Å². The van der Waals surface area contributed by atoms with Crippen LogP contribution in [0.3, 0.4) is 0 Å². The summed E-state index contributed by atoms with van der Waals surface area (Å²) >= 11 is 0. The molecule has 0 spiro atoms. The van der Waals surface area contributed by atoms with Crippen molar-refractivity contribution in [3.63, 3.8) is 0 Å². The third kappa shape index (κ3) is 5.71. The van der Waals surface area contributed by atoms with E-state index in [-0.39, 0.29) is 54.6 Å². The van der Waals surface area contributed by atoms with Gasteiger partial charge in [-0.05, 0) is 53.0 Å². The van der Waals surface area contributed by atoms with Gasteiger partial charge in [0.1, 0.15) is 12.4 Å². The van der Waals surface area contributed by atoms with Crippen molar-refractivity contribution in [1.82, 2.24) is 0 Å². The van der Waals surface area contributed by atoms with Crippen LogP contribution in [0.25, 0.3) is 0 Å². The van der Waals surface area contributed by atoms with Gasteiger partial charge >= 0.3 is 24.0 Å². The number of nitrogens with zero attached hydrogens (tertiary/aromatic N) is 1. The number of alkyl halides is 3. The number of carbonyl (C=O) groups is 3. The number of anilines is 1. The van der Waals surface area contributed by atoms with Crippen molar-refractivity contribution in [2.45, 2.75) is 72.7 Å². The van der Waals surface area contributed by atoms with Gasteiger partial charge in [-0.2, -0.15) is 13.2 Å². The van der Waals surface area contributed by atoms with Gasteiger partial charge in [0.2, 0.25) is 0 Å². The van der Waals surface area contributed by atoms with Crippen LogP contribution in [0.2, 0.25) is 0 Å². The number of rotatable bonds is 9. The SMILES string of the molecule is CCOC(=O)CC/C(C)=C/Cc1c(OC)c(C)c2c(c1N(C(=O)C(F)(F)F)C(C)C)C(=O)OC2. The monoisotopic (exact) mass is 485 g/mol. The smallest absolute Gasteiger partial charge is 0.471 e. The van der Waals surface area contributed by atoms with E-state index in [4.69, 9.17) is 14.2 Å². The fourth-order valence-electron chi connectivity index (χ4n) is 3.94. The number of benzene rings is 1. The molecule has 0 fully saturated rings. The van der Waals surface area contributed by atoms with Crippen LogP contribution in [0.5, 0.6) is 5.75 Å². The molecule has 0 saturated carbocycles. The predicted octanol–water partition coefficient (Wildman–Crippen LogP) is 4.81. The van der Waals surface area contributed by atoms with E-state index in [0.717, 1.165) is 5.57 Å². The van der Waals surface area contributed by atoms with Gasteiger partial charge in [-0.1, -0.05) is 11.6 Å². The Kier molecular flexibility index (Phi) is 8.74. The van der Waals surface area contributed by atoms with Crippen LogP contribution < -0.4 is 9.64 Å². The summed E-state index contributed by atoms with van der Waals surface area (Å²) in [5, 5.41) is 0. The van der Waals surface area contributed by atoms with Gasteiger partial charge in [-0.3, -0.25) is 9.59 Å². The molecule has 0 N–H and O–H groups in total. The van der Waals surface area contributed by atoms with Crippen molar-refractivity contribution in [1.29, 1.82) is 0 Å². The summed E-state index contributed by atoms with van der Waals surface area (Å²) in [5.41, 5.74) is 1.79. The van der Waals surface area contributed by atoms with Crippen molar-refractivity contribution in [2.24, 2.45) is 0 Å². The Morgan fingerprint density at radius 3 is 2.41 bits per heavy atom. The first-order valence-electron chi connectivity index (χ1n) is 11.0. The minimum Gasteiger partial charge on any atom is -0.496 e. The largest absolute Gasteiger partial charge is 0.496 e. The van der Waals surface area contributed by atoms with Crippen molar-refractivity contribution in [3.8, 4) is 5.75 Å². The summed E-state index contributed by atoms with van der Waals surface area (Å²) in [6.45, 7) is 8.20. The zero-order chi connectivity index (χ0) is 25.8. The van der Waals surface area contributed by atoms with Crippen LogP contribution in [0, 0.1) is 6.92 Å². The number of methoxy groups -OCH3 is 1. The Labute approximate surface area is 196 Å². The van der Waals surface area contributed by atoms with Crippen LogP contribution >= 0.6 is 0 Å². The van der Waals surface area contributed by atoms with E-state index in [9.17, 15) is 27.6 Å². The quantitative estimate of drug-likeness (QED) is 0.369. The van der Waals surface area contributed by atoms with Crippen molar-refractivity contribution in [2.75, 3.05) is 18.6 Å². The Bertz CT molecular complexity index is 998. The van der Waals surface area contributed by atoms with E-state index in [1.54, 1.807) is 26.8 Å². The molecule has 0 aliphatic carbocycles. The Hall–Kier alpha value is -3.04. The molecular formula is C24H30F3NO6. The fraction of sp³-hybridized carbons (Fsp3) is 0.542. The highest BCUT2D eigenvalue weighted by molar-refractivity contribution is 6.08. The van der Waals surface area contributed by atoms with Crippen LogP contribution in [0.15, 0.2) is 11.6 Å². The molecule has 0 radical (unpaired) electrons. The molecule has 188 valence electrons. The van der Waals surface area contributed by atoms with Gasteiger partial charge in [0.25, 0.3) is 0 Å². The highest BCUT2D eigenvalue weighted by atomic mass is 19.4. The number of allylic oxidation sites excluding steroid dienone is 2. The van der Waals surface area contributed by atoms with E-state index >= 15 is 0 Å². The van der Waals surface area contributed by atoms with Gasteiger partial charge in [-0.25, -0.2) is 4.79 Å². The lowest BCUT2D eigenvalue weighted by atomic mass is 9.92. The molecule has 0 unspecified atom stereocenters. The average molecular weight is 485 g/mol. The van der Waals surface area contributed by atoms with Gasteiger partial charge in [0.05, 0.1) is 25.0 Å². The number of hydrogen-bond donors (Lipinski definition) is 0. The van der Waals surface area contributed by atoms with E-state index in [1.165, 1.54) is 21.0 Å². The maximum atomic E-state index is 13.5. The first-order chi connectivity index (χ1) is 15.8. The number of ether oxygens (including phenoxy) is 3. The third-order valence-electron chi connectivity index (χ3n) is 5.55. The Morgan fingerprint density at radius 1 is 1.24 bits per heavy atom. The molecule has 10 heteroatoms. The number of hydrogen-bond acceptors (Lipinski definition) is 6. The molecule has 2 rings (SSSR count). The van der Waals surface area contributed by atoms with Crippen molar-refractivity contribution < 1.29 is 41.8 Å². The van der Waals surface area contributed by atoms with Crippen LogP contribution in [-0.4, -0.2) is 43.8 Å².